The summed E-state index contributed by atoms with van der Waals surface area (Å²) in [5.74, 6) is -0.206. The van der Waals surface area contributed by atoms with E-state index in [-0.39, 0.29) is 6.04 Å². The maximum atomic E-state index is 10.8. The fourth-order valence-electron chi connectivity index (χ4n) is 2.58. The van der Waals surface area contributed by atoms with Crippen molar-refractivity contribution in [3.8, 4) is 0 Å². The number of carboxylic acid groups (broad SMARTS) is 1. The number of hydrogen-bond acceptors (Lipinski definition) is 2. The standard InChI is InChI=1S/C8H13NO2/c1-9-6-3-2-5(4-6)7(9)8(10)11/h5-7H,2-4H2,1H3,(H,10,11)/t5-,6+,7-/m1/s1. The van der Waals surface area contributed by atoms with E-state index >= 15 is 0 Å². The summed E-state index contributed by atoms with van der Waals surface area (Å²) in [6.07, 6.45) is 3.42. The Hall–Kier alpha value is -0.570. The van der Waals surface area contributed by atoms with E-state index in [9.17, 15) is 4.79 Å². The van der Waals surface area contributed by atoms with Crippen LogP contribution < -0.4 is 0 Å². The number of nitrogens with zero attached hydrogens (tertiary/aromatic N) is 1. The molecule has 0 unspecified atom stereocenters. The van der Waals surface area contributed by atoms with E-state index in [4.69, 9.17) is 5.11 Å². The lowest BCUT2D eigenvalue weighted by Crippen LogP contribution is -2.42. The number of piperidine rings is 1. The van der Waals surface area contributed by atoms with E-state index < -0.39 is 5.97 Å². The van der Waals surface area contributed by atoms with Gasteiger partial charge in [0.05, 0.1) is 0 Å². The van der Waals surface area contributed by atoms with Crippen LogP contribution in [-0.2, 0) is 4.79 Å². The summed E-state index contributed by atoms with van der Waals surface area (Å²) in [5.41, 5.74) is 0. The molecule has 2 bridgehead atoms. The lowest BCUT2D eigenvalue weighted by Gasteiger charge is -2.28. The van der Waals surface area contributed by atoms with Gasteiger partial charge in [-0.2, -0.15) is 0 Å². The SMILES string of the molecule is CN1[C@H]2CC[C@H](C2)[C@@H]1C(=O)O. The fraction of sp³-hybridized carbons (Fsp3) is 0.875. The van der Waals surface area contributed by atoms with Crippen LogP contribution in [0.1, 0.15) is 19.3 Å². The van der Waals surface area contributed by atoms with Crippen LogP contribution in [0.3, 0.4) is 0 Å². The van der Waals surface area contributed by atoms with Crippen LogP contribution in [-0.4, -0.2) is 35.1 Å². The summed E-state index contributed by atoms with van der Waals surface area (Å²) in [7, 11) is 1.93. The molecule has 62 valence electrons. The van der Waals surface area contributed by atoms with Crippen LogP contribution in [0.25, 0.3) is 0 Å². The molecule has 3 nitrogen and oxygen atoms in total. The quantitative estimate of drug-likeness (QED) is 0.601. The van der Waals surface area contributed by atoms with E-state index in [1.165, 1.54) is 6.42 Å². The third kappa shape index (κ3) is 0.872. The van der Waals surface area contributed by atoms with Crippen LogP contribution in [0.15, 0.2) is 0 Å². The van der Waals surface area contributed by atoms with E-state index in [0.29, 0.717) is 12.0 Å². The Morgan fingerprint density at radius 2 is 2.27 bits per heavy atom. The fourth-order valence-corrected chi connectivity index (χ4v) is 2.58. The number of hydrogen-bond donors (Lipinski definition) is 1. The molecule has 1 saturated heterocycles. The smallest absolute Gasteiger partial charge is 0.321 e. The number of aliphatic carboxylic acids is 1. The van der Waals surface area contributed by atoms with Gasteiger partial charge in [-0.1, -0.05) is 0 Å². The van der Waals surface area contributed by atoms with Gasteiger partial charge in [-0.15, -0.1) is 0 Å². The average Bonchev–Trinajstić information content (AvgIpc) is 2.44. The molecule has 2 fully saturated rings. The van der Waals surface area contributed by atoms with E-state index in [2.05, 4.69) is 0 Å². The first-order valence-corrected chi connectivity index (χ1v) is 4.15. The highest BCUT2D eigenvalue weighted by Gasteiger charge is 2.47. The molecule has 1 N–H and O–H groups in total. The average molecular weight is 155 g/mol. The minimum Gasteiger partial charge on any atom is -0.480 e. The van der Waals surface area contributed by atoms with Crippen molar-refractivity contribution in [2.75, 3.05) is 7.05 Å². The number of likely N-dealkylation sites (N-methyl/N-ethyl adjacent to an activating group) is 1. The molecule has 2 aliphatic rings. The minimum absolute atomic E-state index is 0.186. The Balaban J connectivity index is 2.17. The predicted octanol–water partition coefficient (Wildman–Crippen LogP) is 0.554. The van der Waals surface area contributed by atoms with Crippen molar-refractivity contribution in [2.24, 2.45) is 5.92 Å². The first kappa shape index (κ1) is 7.10. The monoisotopic (exact) mass is 155 g/mol. The summed E-state index contributed by atoms with van der Waals surface area (Å²) in [6, 6.07) is 0.370. The van der Waals surface area contributed by atoms with Gasteiger partial charge in [-0.3, -0.25) is 9.69 Å². The molecule has 0 radical (unpaired) electrons. The third-order valence-corrected chi connectivity index (χ3v) is 3.16. The number of carboxylic acids is 1. The van der Waals surface area contributed by atoms with Gasteiger partial charge in [0.15, 0.2) is 0 Å². The van der Waals surface area contributed by atoms with E-state index in [0.717, 1.165) is 12.8 Å². The normalized spacial score (nSPS) is 43.2. The predicted molar refractivity (Wildman–Crippen MR) is 40.3 cm³/mol. The maximum absolute atomic E-state index is 10.8. The van der Waals surface area contributed by atoms with E-state index in [1.807, 2.05) is 11.9 Å². The molecule has 1 heterocycles. The van der Waals surface area contributed by atoms with Crippen molar-refractivity contribution < 1.29 is 9.90 Å². The second-order valence-electron chi connectivity index (χ2n) is 3.68. The summed E-state index contributed by atoms with van der Waals surface area (Å²) < 4.78 is 0. The van der Waals surface area contributed by atoms with Crippen LogP contribution in [0.2, 0.25) is 0 Å². The Kier molecular flexibility index (Phi) is 1.42. The van der Waals surface area contributed by atoms with Gasteiger partial charge in [0, 0.05) is 6.04 Å². The number of fused-ring (bicyclic) bond motifs is 2. The Morgan fingerprint density at radius 1 is 1.55 bits per heavy atom. The van der Waals surface area contributed by atoms with Gasteiger partial charge in [0.2, 0.25) is 0 Å². The first-order valence-electron chi connectivity index (χ1n) is 4.15. The van der Waals surface area contributed by atoms with Gasteiger partial charge < -0.3 is 5.11 Å². The number of likely N-dealkylation sites (tertiary alicyclic amines) is 1. The molecule has 0 aromatic heterocycles. The van der Waals surface area contributed by atoms with E-state index in [1.54, 1.807) is 0 Å². The zero-order chi connectivity index (χ0) is 8.01. The summed E-state index contributed by atoms with van der Waals surface area (Å²) in [6.45, 7) is 0. The molecule has 11 heavy (non-hydrogen) atoms. The first-order chi connectivity index (χ1) is 5.20. The highest BCUT2D eigenvalue weighted by atomic mass is 16.4. The molecule has 0 aromatic carbocycles. The highest BCUT2D eigenvalue weighted by Crippen LogP contribution is 2.41. The van der Waals surface area contributed by atoms with Gasteiger partial charge >= 0.3 is 5.97 Å². The summed E-state index contributed by atoms with van der Waals surface area (Å²) in [4.78, 5) is 12.8. The molecule has 1 aliphatic carbocycles. The van der Waals surface area contributed by atoms with Crippen LogP contribution >= 0.6 is 0 Å². The molecular formula is C8H13NO2. The molecule has 1 saturated carbocycles. The zero-order valence-corrected chi connectivity index (χ0v) is 6.66. The van der Waals surface area contributed by atoms with Gasteiger partial charge in [-0.25, -0.2) is 0 Å². The van der Waals surface area contributed by atoms with Crippen LogP contribution in [0.5, 0.6) is 0 Å². The molecule has 2 rings (SSSR count). The maximum Gasteiger partial charge on any atom is 0.321 e. The summed E-state index contributed by atoms with van der Waals surface area (Å²) >= 11 is 0. The molecule has 1 aliphatic heterocycles. The molecular weight excluding hydrogens is 142 g/mol. The molecule has 3 atom stereocenters. The molecule has 0 amide bonds. The number of rotatable bonds is 1. The lowest BCUT2D eigenvalue weighted by molar-refractivity contribution is -0.144. The van der Waals surface area contributed by atoms with Gasteiger partial charge in [0.25, 0.3) is 0 Å². The van der Waals surface area contributed by atoms with Crippen molar-refractivity contribution in [1.29, 1.82) is 0 Å². The van der Waals surface area contributed by atoms with Gasteiger partial charge in [-0.05, 0) is 32.2 Å². The molecule has 3 heteroatoms. The van der Waals surface area contributed by atoms with Gasteiger partial charge in [0.1, 0.15) is 6.04 Å². The van der Waals surface area contributed by atoms with Crippen molar-refractivity contribution in [3.05, 3.63) is 0 Å². The van der Waals surface area contributed by atoms with Crippen LogP contribution in [0, 0.1) is 5.92 Å². The lowest BCUT2D eigenvalue weighted by atomic mass is 9.99. The Labute approximate surface area is 66.0 Å². The Morgan fingerprint density at radius 3 is 2.64 bits per heavy atom. The Bertz CT molecular complexity index is 191. The largest absolute Gasteiger partial charge is 0.480 e. The summed E-state index contributed by atoms with van der Waals surface area (Å²) in [5, 5.41) is 8.86. The third-order valence-electron chi connectivity index (χ3n) is 3.16. The second kappa shape index (κ2) is 2.21. The van der Waals surface area contributed by atoms with Crippen molar-refractivity contribution in [2.45, 2.75) is 31.3 Å². The number of carbonyl (C=O) groups is 1. The molecule has 0 spiro atoms. The minimum atomic E-state index is -0.639. The highest BCUT2D eigenvalue weighted by molar-refractivity contribution is 5.74. The molecule has 0 aromatic rings. The van der Waals surface area contributed by atoms with Crippen molar-refractivity contribution >= 4 is 5.97 Å². The second-order valence-corrected chi connectivity index (χ2v) is 3.68. The van der Waals surface area contributed by atoms with Crippen molar-refractivity contribution in [1.82, 2.24) is 4.90 Å². The zero-order valence-electron chi connectivity index (χ0n) is 6.66. The topological polar surface area (TPSA) is 40.5 Å². The van der Waals surface area contributed by atoms with Crippen molar-refractivity contribution in [3.63, 3.8) is 0 Å². The van der Waals surface area contributed by atoms with Crippen LogP contribution in [0.4, 0.5) is 0 Å².